The molecule has 0 bridgehead atoms. The van der Waals surface area contributed by atoms with Crippen LogP contribution in [0.25, 0.3) is 34.2 Å². The number of nitrogens with zero attached hydrogens (tertiary/aromatic N) is 6. The summed E-state index contributed by atoms with van der Waals surface area (Å²) in [4.78, 5) is 27.7. The second kappa shape index (κ2) is 37.7. The van der Waals surface area contributed by atoms with Crippen LogP contribution in [0.2, 0.25) is 0 Å². The van der Waals surface area contributed by atoms with Crippen molar-refractivity contribution in [3.8, 4) is 86.3 Å². The van der Waals surface area contributed by atoms with Crippen molar-refractivity contribution in [3.63, 3.8) is 0 Å². The Morgan fingerprint density at radius 3 is 1.09 bits per heavy atom. The number of rotatable bonds is 28. The second-order valence-electron chi connectivity index (χ2n) is 30.6. The number of hydrogen-bond donors (Lipinski definition) is 0. The molecule has 1 aliphatic rings. The molecule has 4 unspecified atom stereocenters. The standard InChI is InChI=1S/C34H40N2O2.C33H36N2O2.C30H32N2O2/c1-4-5-6-7-8-9-13-16-32(27-17-21-30(37-3)22-18-27)28-19-23-31(24-20-28)38-33-25-26(2)35-34(36-33)29-14-11-10-12-15-29;1-23-20-32(3,4)22-33(21-23,26-11-15-28(36-5)16-12-26)27-13-17-29(18-14-27)37-30-19-24(2)34-31(35-30)25-9-7-6-8-10-25;1-21(2)20-30(4,24-11-15-26(33-5)16-12-24)25-13-17-27(18-14-25)34-28-19-22(3)31-29(32-28)23-9-7-6-8-10-23/h10-12,14-15,17-25,32H,4-9,13,16H2,1-3H3;6-19,23H,20-22H2,1-5H3;6-19,21H,20H2,1-5H3. The van der Waals surface area contributed by atoms with Gasteiger partial charge in [-0.2, -0.15) is 15.0 Å². The fourth-order valence-electron chi connectivity index (χ4n) is 15.7. The van der Waals surface area contributed by atoms with E-state index in [2.05, 4.69) is 200 Å². The first-order chi connectivity index (χ1) is 52.8. The summed E-state index contributed by atoms with van der Waals surface area (Å²) >= 11 is 0. The summed E-state index contributed by atoms with van der Waals surface area (Å²) in [6, 6.07) is 86.6. The molecule has 0 saturated heterocycles. The Morgan fingerprint density at radius 1 is 0.404 bits per heavy atom. The van der Waals surface area contributed by atoms with Crippen molar-refractivity contribution >= 4 is 0 Å². The molecule has 1 fully saturated rings. The van der Waals surface area contributed by atoms with Gasteiger partial charge in [0.2, 0.25) is 17.6 Å². The molecular weight excluding hydrogens is 1350 g/mol. The molecule has 12 aromatic rings. The minimum atomic E-state index is -0.120. The Morgan fingerprint density at radius 2 is 0.734 bits per heavy atom. The highest BCUT2D eigenvalue weighted by Crippen LogP contribution is 2.54. The second-order valence-corrected chi connectivity index (χ2v) is 30.6. The van der Waals surface area contributed by atoms with Crippen LogP contribution in [0, 0.1) is 38.0 Å². The quantitative estimate of drug-likeness (QED) is 0.0432. The van der Waals surface area contributed by atoms with Gasteiger partial charge >= 0.3 is 0 Å². The number of benzene rings is 9. The monoisotopic (exact) mass is 1450 g/mol. The number of aromatic nitrogens is 6. The normalized spacial score (nSPS) is 15.2. The average molecular weight is 1450 g/mol. The van der Waals surface area contributed by atoms with Gasteiger partial charge in [-0.25, -0.2) is 15.0 Å². The SMILES string of the molecule is CCCCCCCCCC(c1ccc(OC)cc1)c1ccc(Oc2cc(C)nc(-c3ccccc3)n2)cc1.COc1ccc(C(C)(CC(C)C)c2ccc(Oc3cc(C)nc(-c4ccccc4)n3)cc2)cc1.COc1ccc(C2(c3ccc(Oc4cc(C)nc(-c5ccccc5)n4)cc3)CC(C)CC(C)(C)C2)cc1. The molecule has 4 atom stereocenters. The first-order valence-electron chi connectivity index (χ1n) is 38.8. The summed E-state index contributed by atoms with van der Waals surface area (Å²) in [6.45, 7) is 22.2. The van der Waals surface area contributed by atoms with Crippen LogP contribution in [0.4, 0.5) is 0 Å². The Hall–Kier alpha value is -11.0. The molecule has 0 spiro atoms. The topological polar surface area (TPSA) is 133 Å². The predicted molar refractivity (Wildman–Crippen MR) is 443 cm³/mol. The summed E-state index contributed by atoms with van der Waals surface area (Å²) in [6.07, 6.45) is 14.8. The summed E-state index contributed by atoms with van der Waals surface area (Å²) in [7, 11) is 5.13. The van der Waals surface area contributed by atoms with Crippen LogP contribution in [0.3, 0.4) is 0 Å². The first kappa shape index (κ1) is 79.1. The van der Waals surface area contributed by atoms with E-state index in [1.165, 1.54) is 84.7 Å². The predicted octanol–water partition coefficient (Wildman–Crippen LogP) is 25.5. The van der Waals surface area contributed by atoms with E-state index in [-0.39, 0.29) is 16.2 Å². The maximum atomic E-state index is 6.23. The lowest BCUT2D eigenvalue weighted by Gasteiger charge is -2.48. The lowest BCUT2D eigenvalue weighted by molar-refractivity contribution is 0.127. The maximum Gasteiger partial charge on any atom is 0.223 e. The Balaban J connectivity index is 0.000000163. The highest BCUT2D eigenvalue weighted by Gasteiger charge is 2.45. The zero-order valence-corrected chi connectivity index (χ0v) is 66.1. The van der Waals surface area contributed by atoms with Crippen LogP contribution in [-0.2, 0) is 10.8 Å². The Kier molecular flexibility index (Phi) is 27.4. The van der Waals surface area contributed by atoms with E-state index in [1.54, 1.807) is 21.3 Å². The molecule has 562 valence electrons. The maximum absolute atomic E-state index is 6.23. The molecule has 0 aliphatic heterocycles. The zero-order chi connectivity index (χ0) is 76.8. The molecule has 3 heterocycles. The van der Waals surface area contributed by atoms with E-state index in [1.807, 2.05) is 154 Å². The Bertz CT molecular complexity index is 4770. The van der Waals surface area contributed by atoms with Gasteiger partial charge in [-0.1, -0.05) is 257 Å². The molecule has 0 N–H and O–H groups in total. The van der Waals surface area contributed by atoms with Gasteiger partial charge in [0.05, 0.1) is 21.3 Å². The minimum Gasteiger partial charge on any atom is -0.497 e. The van der Waals surface area contributed by atoms with E-state index in [0.29, 0.717) is 52.9 Å². The molecule has 0 amide bonds. The summed E-state index contributed by atoms with van der Waals surface area (Å²) in [5, 5.41) is 0. The summed E-state index contributed by atoms with van der Waals surface area (Å²) in [5.74, 6) is 10.1. The van der Waals surface area contributed by atoms with Crippen molar-refractivity contribution in [2.45, 2.75) is 163 Å². The fourth-order valence-corrected chi connectivity index (χ4v) is 15.7. The van der Waals surface area contributed by atoms with Gasteiger partial charge in [-0.05, 0) is 176 Å². The largest absolute Gasteiger partial charge is 0.497 e. The first-order valence-corrected chi connectivity index (χ1v) is 38.8. The van der Waals surface area contributed by atoms with Gasteiger partial charge in [0.25, 0.3) is 0 Å². The van der Waals surface area contributed by atoms with Crippen LogP contribution < -0.4 is 28.4 Å². The fraction of sp³-hybridized carbons (Fsp3) is 0.320. The number of methoxy groups -OCH3 is 3. The van der Waals surface area contributed by atoms with Crippen LogP contribution in [0.5, 0.6) is 52.1 Å². The third kappa shape index (κ3) is 21.7. The molecule has 109 heavy (non-hydrogen) atoms. The lowest BCUT2D eigenvalue weighted by atomic mass is 9.55. The molecule has 1 saturated carbocycles. The summed E-state index contributed by atoms with van der Waals surface area (Å²) in [5.41, 5.74) is 13.4. The van der Waals surface area contributed by atoms with Crippen LogP contribution in [0.1, 0.15) is 182 Å². The Labute approximate surface area is 647 Å². The molecule has 9 aromatic carbocycles. The van der Waals surface area contributed by atoms with Crippen molar-refractivity contribution in [1.29, 1.82) is 0 Å². The zero-order valence-electron chi connectivity index (χ0n) is 66.1. The van der Waals surface area contributed by atoms with Crippen LogP contribution in [-0.4, -0.2) is 51.2 Å². The number of aryl methyl sites for hydroxylation is 3. The number of unbranched alkanes of at least 4 members (excludes halogenated alkanes) is 6. The van der Waals surface area contributed by atoms with E-state index in [4.69, 9.17) is 28.4 Å². The van der Waals surface area contributed by atoms with Gasteiger partial charge < -0.3 is 28.4 Å². The van der Waals surface area contributed by atoms with E-state index >= 15 is 0 Å². The highest BCUT2D eigenvalue weighted by atomic mass is 16.5. The third-order valence-electron chi connectivity index (χ3n) is 20.6. The minimum absolute atomic E-state index is 0.0576. The smallest absolute Gasteiger partial charge is 0.223 e. The van der Waals surface area contributed by atoms with Gasteiger partial charge in [0, 0.05) is 68.7 Å². The van der Waals surface area contributed by atoms with Crippen LogP contribution >= 0.6 is 0 Å². The molecule has 12 nitrogen and oxygen atoms in total. The highest BCUT2D eigenvalue weighted by molar-refractivity contribution is 5.58. The lowest BCUT2D eigenvalue weighted by Crippen LogP contribution is -2.41. The molecule has 3 aromatic heterocycles. The third-order valence-corrected chi connectivity index (χ3v) is 20.6. The van der Waals surface area contributed by atoms with Crippen LogP contribution in [0.15, 0.2) is 255 Å². The van der Waals surface area contributed by atoms with Crippen molar-refractivity contribution in [3.05, 3.63) is 305 Å². The van der Waals surface area contributed by atoms with Crippen molar-refractivity contribution in [2.75, 3.05) is 21.3 Å². The van der Waals surface area contributed by atoms with Crippen molar-refractivity contribution in [1.82, 2.24) is 29.9 Å². The number of hydrogen-bond acceptors (Lipinski definition) is 12. The molecule has 12 heteroatoms. The van der Waals surface area contributed by atoms with Gasteiger partial charge in [-0.15, -0.1) is 0 Å². The molecule has 0 radical (unpaired) electrons. The van der Waals surface area contributed by atoms with E-state index in [0.717, 1.165) is 94.0 Å². The van der Waals surface area contributed by atoms with Crippen molar-refractivity contribution < 1.29 is 28.4 Å². The average Bonchev–Trinajstić information content (AvgIpc) is 0.746. The van der Waals surface area contributed by atoms with E-state index < -0.39 is 0 Å². The van der Waals surface area contributed by atoms with Gasteiger partial charge in [0.1, 0.15) is 34.5 Å². The number of ether oxygens (including phenoxy) is 6. The van der Waals surface area contributed by atoms with Gasteiger partial charge in [-0.3, -0.25) is 0 Å². The van der Waals surface area contributed by atoms with Crippen molar-refractivity contribution in [2.24, 2.45) is 17.3 Å². The molecular formula is C97H108N6O6. The molecule has 1 aliphatic carbocycles. The van der Waals surface area contributed by atoms with Gasteiger partial charge in [0.15, 0.2) is 17.5 Å². The summed E-state index contributed by atoms with van der Waals surface area (Å²) < 4.78 is 34.7. The van der Waals surface area contributed by atoms with E-state index in [9.17, 15) is 0 Å². The molecule has 13 rings (SSSR count).